The van der Waals surface area contributed by atoms with E-state index >= 15 is 0 Å². The highest BCUT2D eigenvalue weighted by molar-refractivity contribution is 6.07. The van der Waals surface area contributed by atoms with Crippen LogP contribution in [0.2, 0.25) is 0 Å². The quantitative estimate of drug-likeness (QED) is 0.695. The lowest BCUT2D eigenvalue weighted by atomic mass is 9.87. The molecule has 2 heterocycles. The van der Waals surface area contributed by atoms with Crippen LogP contribution < -0.4 is 15.0 Å². The molecule has 0 radical (unpaired) electrons. The van der Waals surface area contributed by atoms with Gasteiger partial charge in [-0.05, 0) is 31.0 Å². The average Bonchev–Trinajstić information content (AvgIpc) is 3.06. The summed E-state index contributed by atoms with van der Waals surface area (Å²) in [6.45, 7) is 8.01. The molecule has 7 nitrogen and oxygen atoms in total. The fraction of sp³-hybridized carbons (Fsp3) is 0.417. The van der Waals surface area contributed by atoms with E-state index in [1.54, 1.807) is 0 Å². The van der Waals surface area contributed by atoms with Gasteiger partial charge in [-0.2, -0.15) is 0 Å². The monoisotopic (exact) mass is 422 g/mol. The minimum absolute atomic E-state index is 0.171. The zero-order valence-electron chi connectivity index (χ0n) is 18.2. The van der Waals surface area contributed by atoms with Crippen molar-refractivity contribution in [3.63, 3.8) is 0 Å². The Morgan fingerprint density at radius 1 is 0.935 bits per heavy atom. The number of imide groups is 1. The molecule has 0 aliphatic carbocycles. The van der Waals surface area contributed by atoms with Gasteiger partial charge in [-0.1, -0.05) is 49.4 Å². The Hall–Kier alpha value is -3.06. The molecule has 7 heteroatoms. The number of rotatable bonds is 7. The summed E-state index contributed by atoms with van der Waals surface area (Å²) >= 11 is 0. The van der Waals surface area contributed by atoms with Gasteiger partial charge in [0.05, 0.1) is 19.0 Å². The molecule has 0 unspecified atom stereocenters. The highest BCUT2D eigenvalue weighted by atomic mass is 16.5. The minimum atomic E-state index is -0.976. The molecule has 3 amide bonds. The van der Waals surface area contributed by atoms with E-state index in [1.165, 1.54) is 4.90 Å². The lowest BCUT2D eigenvalue weighted by molar-refractivity contribution is -0.133. The van der Waals surface area contributed by atoms with E-state index in [2.05, 4.69) is 21.2 Å². The van der Waals surface area contributed by atoms with Crippen LogP contribution in [0.25, 0.3) is 0 Å². The molecule has 2 aromatic carbocycles. The summed E-state index contributed by atoms with van der Waals surface area (Å²) in [5.74, 6) is 0.721. The Bertz CT molecular complexity index is 927. The number of para-hydroxylation sites is 2. The van der Waals surface area contributed by atoms with E-state index in [0.29, 0.717) is 19.7 Å². The van der Waals surface area contributed by atoms with E-state index in [0.717, 1.165) is 43.2 Å². The second-order valence-corrected chi connectivity index (χ2v) is 7.94. The van der Waals surface area contributed by atoms with Crippen molar-refractivity contribution < 1.29 is 14.3 Å². The van der Waals surface area contributed by atoms with Crippen molar-refractivity contribution >= 4 is 17.6 Å². The first-order chi connectivity index (χ1) is 15.1. The fourth-order valence-corrected chi connectivity index (χ4v) is 4.44. The number of hydrogen-bond donors (Lipinski definition) is 1. The van der Waals surface area contributed by atoms with Crippen molar-refractivity contribution in [2.75, 3.05) is 44.4 Å². The van der Waals surface area contributed by atoms with Gasteiger partial charge in [-0.3, -0.25) is 9.69 Å². The maximum Gasteiger partial charge on any atom is 0.326 e. The van der Waals surface area contributed by atoms with Gasteiger partial charge in [0.2, 0.25) is 0 Å². The normalized spacial score (nSPS) is 22.0. The third-order valence-corrected chi connectivity index (χ3v) is 6.19. The summed E-state index contributed by atoms with van der Waals surface area (Å²) in [4.78, 5) is 31.9. The largest absolute Gasteiger partial charge is 0.492 e. The molecule has 2 saturated heterocycles. The number of piperazine rings is 1. The number of benzene rings is 2. The lowest BCUT2D eigenvalue weighted by Crippen LogP contribution is -2.51. The van der Waals surface area contributed by atoms with Crippen LogP contribution in [0.1, 0.15) is 25.8 Å². The number of ether oxygens (including phenoxy) is 1. The Kier molecular flexibility index (Phi) is 6.13. The van der Waals surface area contributed by atoms with E-state index in [4.69, 9.17) is 4.74 Å². The highest BCUT2D eigenvalue weighted by Crippen LogP contribution is 2.33. The van der Waals surface area contributed by atoms with Gasteiger partial charge in [0, 0.05) is 26.2 Å². The number of hydrogen-bond acceptors (Lipinski definition) is 5. The molecule has 164 valence electrons. The molecule has 0 saturated carbocycles. The van der Waals surface area contributed by atoms with Crippen LogP contribution in [0, 0.1) is 0 Å². The van der Waals surface area contributed by atoms with Crippen LogP contribution in [0.3, 0.4) is 0 Å². The molecular weight excluding hydrogens is 392 g/mol. The van der Waals surface area contributed by atoms with Gasteiger partial charge in [-0.25, -0.2) is 9.69 Å². The number of carbonyl (C=O) groups excluding carboxylic acids is 2. The standard InChI is InChI=1S/C24H30N4O3/c1-3-24(19-10-6-5-7-11-19)22(29)28(23(30)25-24)18-26-14-16-27(17-15-26)20-12-8-9-13-21(20)31-4-2/h5-13H,3-4,14-18H2,1-2H3,(H,25,30)/t24-/m0/s1. The van der Waals surface area contributed by atoms with Gasteiger partial charge in [0.1, 0.15) is 11.3 Å². The smallest absolute Gasteiger partial charge is 0.326 e. The average molecular weight is 423 g/mol. The second kappa shape index (κ2) is 8.98. The first-order valence-electron chi connectivity index (χ1n) is 11.0. The van der Waals surface area contributed by atoms with Crippen LogP contribution in [-0.4, -0.2) is 61.2 Å². The summed E-state index contributed by atoms with van der Waals surface area (Å²) in [7, 11) is 0. The van der Waals surface area contributed by atoms with Crippen molar-refractivity contribution in [1.29, 1.82) is 0 Å². The van der Waals surface area contributed by atoms with Crippen LogP contribution >= 0.6 is 0 Å². The number of anilines is 1. The molecule has 0 bridgehead atoms. The molecular formula is C24H30N4O3. The second-order valence-electron chi connectivity index (χ2n) is 7.94. The third-order valence-electron chi connectivity index (χ3n) is 6.19. The first-order valence-corrected chi connectivity index (χ1v) is 11.0. The molecule has 2 fully saturated rings. The fourth-order valence-electron chi connectivity index (χ4n) is 4.44. The van der Waals surface area contributed by atoms with Crippen molar-refractivity contribution in [3.8, 4) is 5.75 Å². The van der Waals surface area contributed by atoms with E-state index in [1.807, 2.05) is 62.4 Å². The molecule has 0 spiro atoms. The maximum atomic E-state index is 13.3. The number of nitrogens with one attached hydrogen (secondary N) is 1. The molecule has 1 atom stereocenters. The molecule has 2 aromatic rings. The SMILES string of the molecule is CCOc1ccccc1N1CCN(CN2C(=O)N[C@@](CC)(c3ccccc3)C2=O)CC1. The van der Waals surface area contributed by atoms with Crippen LogP contribution in [0.15, 0.2) is 54.6 Å². The van der Waals surface area contributed by atoms with Crippen LogP contribution in [-0.2, 0) is 10.3 Å². The van der Waals surface area contributed by atoms with Gasteiger partial charge in [-0.15, -0.1) is 0 Å². The van der Waals surface area contributed by atoms with E-state index < -0.39 is 5.54 Å². The summed E-state index contributed by atoms with van der Waals surface area (Å²) in [5, 5.41) is 2.96. The highest BCUT2D eigenvalue weighted by Gasteiger charge is 2.51. The predicted octanol–water partition coefficient (Wildman–Crippen LogP) is 3.02. The van der Waals surface area contributed by atoms with Gasteiger partial charge in [0.15, 0.2) is 0 Å². The summed E-state index contributed by atoms with van der Waals surface area (Å²) in [6.07, 6.45) is 0.514. The Labute approximate surface area is 183 Å². The molecule has 4 rings (SSSR count). The van der Waals surface area contributed by atoms with Gasteiger partial charge >= 0.3 is 6.03 Å². The molecule has 2 aliphatic rings. The Balaban J connectivity index is 1.42. The Morgan fingerprint density at radius 3 is 2.29 bits per heavy atom. The van der Waals surface area contributed by atoms with E-state index in [9.17, 15) is 9.59 Å². The minimum Gasteiger partial charge on any atom is -0.492 e. The number of carbonyl (C=O) groups is 2. The first kappa shape index (κ1) is 21.2. The maximum absolute atomic E-state index is 13.3. The van der Waals surface area contributed by atoms with E-state index in [-0.39, 0.29) is 11.9 Å². The summed E-state index contributed by atoms with van der Waals surface area (Å²) in [5.41, 5.74) is 0.945. The lowest BCUT2D eigenvalue weighted by Gasteiger charge is -2.37. The number of urea groups is 1. The van der Waals surface area contributed by atoms with Gasteiger partial charge in [0.25, 0.3) is 5.91 Å². The summed E-state index contributed by atoms with van der Waals surface area (Å²) in [6, 6.07) is 17.3. The van der Waals surface area contributed by atoms with Gasteiger partial charge < -0.3 is 15.0 Å². The topological polar surface area (TPSA) is 65.1 Å². The van der Waals surface area contributed by atoms with Crippen molar-refractivity contribution in [2.24, 2.45) is 0 Å². The molecule has 31 heavy (non-hydrogen) atoms. The van der Waals surface area contributed by atoms with Crippen molar-refractivity contribution in [3.05, 3.63) is 60.2 Å². The molecule has 0 aromatic heterocycles. The molecule has 1 N–H and O–H groups in total. The van der Waals surface area contributed by atoms with Crippen LogP contribution in [0.5, 0.6) is 5.75 Å². The number of amides is 3. The zero-order chi connectivity index (χ0) is 21.8. The van der Waals surface area contributed by atoms with Crippen molar-refractivity contribution in [2.45, 2.75) is 25.8 Å². The van der Waals surface area contributed by atoms with Crippen molar-refractivity contribution in [1.82, 2.24) is 15.1 Å². The zero-order valence-corrected chi connectivity index (χ0v) is 18.2. The Morgan fingerprint density at radius 2 is 1.61 bits per heavy atom. The number of nitrogens with zero attached hydrogens (tertiary/aromatic N) is 3. The van der Waals surface area contributed by atoms with Crippen LogP contribution in [0.4, 0.5) is 10.5 Å². The third kappa shape index (κ3) is 3.97. The predicted molar refractivity (Wildman–Crippen MR) is 120 cm³/mol. The summed E-state index contributed by atoms with van der Waals surface area (Å²) < 4.78 is 5.77. The molecule has 2 aliphatic heterocycles.